The Morgan fingerprint density at radius 2 is 2.20 bits per heavy atom. The van der Waals surface area contributed by atoms with Gasteiger partial charge in [0.1, 0.15) is 16.8 Å². The zero-order valence-electron chi connectivity index (χ0n) is 12.0. The quantitative estimate of drug-likeness (QED) is 0.724. The lowest BCUT2D eigenvalue weighted by molar-refractivity contribution is 0.339. The van der Waals surface area contributed by atoms with Crippen LogP contribution >= 0.6 is 0 Å². The molecule has 2 heterocycles. The fourth-order valence-corrected chi connectivity index (χ4v) is 1.96. The van der Waals surface area contributed by atoms with Crippen LogP contribution in [0.1, 0.15) is 13.8 Å². The molecule has 0 saturated heterocycles. The van der Waals surface area contributed by atoms with Gasteiger partial charge in [-0.3, -0.25) is 0 Å². The molecular weight excluding hydrogens is 256 g/mol. The standard InChI is InChI=1S/C13H20N6O/c1-4-20-9-5-10-11(16-7-9)12(19-13(14)18-10)17-8(2)6-15-3/h5,7-8,15H,4,6H2,1-3H3,(H3,14,17,18,19)/t8-/m0/s1. The van der Waals surface area contributed by atoms with Crippen molar-refractivity contribution in [2.24, 2.45) is 0 Å². The number of nitrogens with zero attached hydrogens (tertiary/aromatic N) is 3. The first kappa shape index (κ1) is 14.3. The van der Waals surface area contributed by atoms with Crippen LogP contribution in [0, 0.1) is 0 Å². The van der Waals surface area contributed by atoms with Gasteiger partial charge >= 0.3 is 0 Å². The summed E-state index contributed by atoms with van der Waals surface area (Å²) < 4.78 is 5.42. The van der Waals surface area contributed by atoms with E-state index >= 15 is 0 Å². The number of fused-ring (bicyclic) bond motifs is 1. The summed E-state index contributed by atoms with van der Waals surface area (Å²) in [7, 11) is 1.90. The minimum atomic E-state index is 0.200. The lowest BCUT2D eigenvalue weighted by Gasteiger charge is -2.15. The van der Waals surface area contributed by atoms with Crippen LogP contribution in [0.3, 0.4) is 0 Å². The zero-order chi connectivity index (χ0) is 14.5. The van der Waals surface area contributed by atoms with Crippen molar-refractivity contribution >= 4 is 22.8 Å². The Labute approximate surface area is 118 Å². The van der Waals surface area contributed by atoms with Crippen molar-refractivity contribution in [2.75, 3.05) is 31.2 Å². The molecule has 0 amide bonds. The molecule has 2 aromatic rings. The molecule has 2 aromatic heterocycles. The highest BCUT2D eigenvalue weighted by Gasteiger charge is 2.11. The number of nitrogens with one attached hydrogen (secondary N) is 2. The van der Waals surface area contributed by atoms with E-state index in [0.717, 1.165) is 6.54 Å². The molecule has 0 radical (unpaired) electrons. The van der Waals surface area contributed by atoms with Gasteiger partial charge in [-0.05, 0) is 20.9 Å². The molecule has 7 heteroatoms. The largest absolute Gasteiger partial charge is 0.492 e. The monoisotopic (exact) mass is 276 g/mol. The molecule has 0 unspecified atom stereocenters. The average molecular weight is 276 g/mol. The number of nitrogens with two attached hydrogens (primary N) is 1. The SMILES string of the molecule is CCOc1cnc2c(N[C@@H](C)CNC)nc(N)nc2c1. The van der Waals surface area contributed by atoms with E-state index in [2.05, 4.69) is 32.5 Å². The van der Waals surface area contributed by atoms with Crippen LogP contribution in [0.15, 0.2) is 12.3 Å². The molecule has 0 spiro atoms. The molecule has 0 aliphatic carbocycles. The Kier molecular flexibility index (Phi) is 4.52. The molecule has 0 saturated carbocycles. The number of rotatable bonds is 6. The van der Waals surface area contributed by atoms with Gasteiger partial charge < -0.3 is 21.1 Å². The van der Waals surface area contributed by atoms with E-state index in [-0.39, 0.29) is 12.0 Å². The second-order valence-corrected chi connectivity index (χ2v) is 4.51. The maximum Gasteiger partial charge on any atom is 0.222 e. The number of hydrogen-bond donors (Lipinski definition) is 3. The summed E-state index contributed by atoms with van der Waals surface area (Å²) in [6.07, 6.45) is 1.67. The second-order valence-electron chi connectivity index (χ2n) is 4.51. The molecule has 0 aromatic carbocycles. The van der Waals surface area contributed by atoms with E-state index in [1.807, 2.05) is 20.0 Å². The number of anilines is 2. The fourth-order valence-electron chi connectivity index (χ4n) is 1.96. The molecule has 0 aliphatic heterocycles. The molecule has 0 fully saturated rings. The van der Waals surface area contributed by atoms with Crippen molar-refractivity contribution in [3.63, 3.8) is 0 Å². The maximum absolute atomic E-state index is 5.75. The summed E-state index contributed by atoms with van der Waals surface area (Å²) in [5.41, 5.74) is 7.11. The van der Waals surface area contributed by atoms with Crippen molar-refractivity contribution in [2.45, 2.75) is 19.9 Å². The Hall–Kier alpha value is -2.15. The van der Waals surface area contributed by atoms with Crippen LogP contribution in [-0.2, 0) is 0 Å². The van der Waals surface area contributed by atoms with E-state index < -0.39 is 0 Å². The van der Waals surface area contributed by atoms with Crippen molar-refractivity contribution in [1.29, 1.82) is 0 Å². The van der Waals surface area contributed by atoms with Gasteiger partial charge in [-0.15, -0.1) is 0 Å². The number of pyridine rings is 1. The predicted molar refractivity (Wildman–Crippen MR) is 79.9 cm³/mol. The highest BCUT2D eigenvalue weighted by Crippen LogP contribution is 2.23. The number of ether oxygens (including phenoxy) is 1. The van der Waals surface area contributed by atoms with Gasteiger partial charge in [0.25, 0.3) is 0 Å². The average Bonchev–Trinajstić information content (AvgIpc) is 2.38. The van der Waals surface area contributed by atoms with Gasteiger partial charge in [0.15, 0.2) is 5.82 Å². The zero-order valence-corrected chi connectivity index (χ0v) is 12.0. The van der Waals surface area contributed by atoms with Crippen molar-refractivity contribution < 1.29 is 4.74 Å². The summed E-state index contributed by atoms with van der Waals surface area (Å²) in [6, 6.07) is 2.02. The topological polar surface area (TPSA) is 98.0 Å². The molecule has 1 atom stereocenters. The van der Waals surface area contributed by atoms with Crippen LogP contribution in [-0.4, -0.2) is 41.2 Å². The Balaban J connectivity index is 2.38. The second kappa shape index (κ2) is 6.33. The molecule has 4 N–H and O–H groups in total. The molecule has 0 aliphatic rings. The first-order valence-corrected chi connectivity index (χ1v) is 6.61. The highest BCUT2D eigenvalue weighted by atomic mass is 16.5. The molecular formula is C13H20N6O. The number of nitrogen functional groups attached to an aromatic ring is 1. The molecule has 0 bridgehead atoms. The van der Waals surface area contributed by atoms with Gasteiger partial charge in [0.2, 0.25) is 5.95 Å². The number of hydrogen-bond acceptors (Lipinski definition) is 7. The van der Waals surface area contributed by atoms with Crippen LogP contribution in [0.25, 0.3) is 11.0 Å². The highest BCUT2D eigenvalue weighted by molar-refractivity contribution is 5.86. The van der Waals surface area contributed by atoms with E-state index in [0.29, 0.717) is 29.2 Å². The predicted octanol–water partition coefficient (Wildman–Crippen LogP) is 1.03. The van der Waals surface area contributed by atoms with Gasteiger partial charge in [-0.2, -0.15) is 4.98 Å². The summed E-state index contributed by atoms with van der Waals surface area (Å²) >= 11 is 0. The number of aromatic nitrogens is 3. The summed E-state index contributed by atoms with van der Waals surface area (Å²) in [5, 5.41) is 6.38. The van der Waals surface area contributed by atoms with Crippen molar-refractivity contribution in [3.8, 4) is 5.75 Å². The van der Waals surface area contributed by atoms with Gasteiger partial charge in [-0.25, -0.2) is 9.97 Å². The van der Waals surface area contributed by atoms with Crippen LogP contribution in [0.5, 0.6) is 5.75 Å². The lowest BCUT2D eigenvalue weighted by atomic mass is 10.3. The number of likely N-dealkylation sites (N-methyl/N-ethyl adjacent to an activating group) is 1. The van der Waals surface area contributed by atoms with E-state index in [1.54, 1.807) is 6.20 Å². The Morgan fingerprint density at radius 1 is 1.40 bits per heavy atom. The minimum Gasteiger partial charge on any atom is -0.492 e. The minimum absolute atomic E-state index is 0.200. The van der Waals surface area contributed by atoms with Crippen LogP contribution in [0.2, 0.25) is 0 Å². The smallest absolute Gasteiger partial charge is 0.222 e. The first-order valence-electron chi connectivity index (χ1n) is 6.61. The summed E-state index contributed by atoms with van der Waals surface area (Å²) in [5.74, 6) is 1.53. The lowest BCUT2D eigenvalue weighted by Crippen LogP contribution is -2.28. The molecule has 108 valence electrons. The third-order valence-corrected chi connectivity index (χ3v) is 2.73. The van der Waals surface area contributed by atoms with Crippen LogP contribution in [0.4, 0.5) is 11.8 Å². The van der Waals surface area contributed by atoms with E-state index in [9.17, 15) is 0 Å². The normalized spacial score (nSPS) is 12.3. The van der Waals surface area contributed by atoms with E-state index in [1.165, 1.54) is 0 Å². The van der Waals surface area contributed by atoms with Gasteiger partial charge in [-0.1, -0.05) is 0 Å². The maximum atomic E-state index is 5.75. The van der Waals surface area contributed by atoms with E-state index in [4.69, 9.17) is 10.5 Å². The third-order valence-electron chi connectivity index (χ3n) is 2.73. The van der Waals surface area contributed by atoms with Crippen molar-refractivity contribution in [1.82, 2.24) is 20.3 Å². The van der Waals surface area contributed by atoms with Gasteiger partial charge in [0, 0.05) is 18.7 Å². The molecule has 7 nitrogen and oxygen atoms in total. The first-order chi connectivity index (χ1) is 9.63. The third kappa shape index (κ3) is 3.24. The Bertz CT molecular complexity index is 588. The van der Waals surface area contributed by atoms with Gasteiger partial charge in [0.05, 0.1) is 12.8 Å². The molecule has 2 rings (SSSR count). The Morgan fingerprint density at radius 3 is 2.90 bits per heavy atom. The van der Waals surface area contributed by atoms with Crippen molar-refractivity contribution in [3.05, 3.63) is 12.3 Å². The summed E-state index contributed by atoms with van der Waals surface area (Å²) in [4.78, 5) is 12.8. The fraction of sp³-hybridized carbons (Fsp3) is 0.462. The molecule has 20 heavy (non-hydrogen) atoms. The van der Waals surface area contributed by atoms with Crippen LogP contribution < -0.4 is 21.1 Å². The summed E-state index contributed by atoms with van der Waals surface area (Å²) in [6.45, 7) is 5.36.